The van der Waals surface area contributed by atoms with Crippen LogP contribution in [-0.2, 0) is 10.0 Å². The van der Waals surface area contributed by atoms with E-state index in [1.807, 2.05) is 19.1 Å². The molecule has 0 aliphatic heterocycles. The lowest BCUT2D eigenvalue weighted by atomic mass is 10.1. The summed E-state index contributed by atoms with van der Waals surface area (Å²) in [5.41, 5.74) is 2.09. The fourth-order valence-electron chi connectivity index (χ4n) is 2.21. The van der Waals surface area contributed by atoms with E-state index < -0.39 is 10.0 Å². The van der Waals surface area contributed by atoms with Crippen LogP contribution in [0.3, 0.4) is 0 Å². The van der Waals surface area contributed by atoms with Gasteiger partial charge in [0.1, 0.15) is 0 Å². The Bertz CT molecular complexity index is 1080. The molecule has 0 spiro atoms. The van der Waals surface area contributed by atoms with Crippen LogP contribution < -0.4 is 15.4 Å². The van der Waals surface area contributed by atoms with Crippen LogP contribution in [-0.4, -0.2) is 24.4 Å². The molecular formula is C18H16N4O3S3. The summed E-state index contributed by atoms with van der Waals surface area (Å²) in [6.45, 7) is 1.93. The Morgan fingerprint density at radius 2 is 1.75 bits per heavy atom. The molecule has 7 nitrogen and oxygen atoms in total. The van der Waals surface area contributed by atoms with Crippen LogP contribution >= 0.6 is 23.6 Å². The van der Waals surface area contributed by atoms with Gasteiger partial charge in [0.2, 0.25) is 0 Å². The molecule has 1 amide bonds. The Kier molecular flexibility index (Phi) is 6.02. The van der Waals surface area contributed by atoms with E-state index >= 15 is 0 Å². The van der Waals surface area contributed by atoms with Crippen molar-refractivity contribution < 1.29 is 13.2 Å². The molecule has 0 aliphatic carbocycles. The highest BCUT2D eigenvalue weighted by Gasteiger charge is 2.15. The van der Waals surface area contributed by atoms with Gasteiger partial charge in [0, 0.05) is 22.8 Å². The van der Waals surface area contributed by atoms with Crippen LogP contribution in [0, 0.1) is 6.92 Å². The number of aryl methyl sites for hydroxylation is 1. The molecular weight excluding hydrogens is 416 g/mol. The fraction of sp³-hybridized carbons (Fsp3) is 0.0556. The van der Waals surface area contributed by atoms with Gasteiger partial charge in [0.05, 0.1) is 4.90 Å². The SMILES string of the molecule is Cc1ccc(C(=O)NC(=S)Nc2ccc(S(=O)(=O)Nc3nccs3)cc2)cc1. The number of thiocarbonyl (C=S) groups is 1. The molecule has 2 aromatic carbocycles. The first-order valence-corrected chi connectivity index (χ1v) is 10.8. The van der Waals surface area contributed by atoms with Crippen molar-refractivity contribution in [2.45, 2.75) is 11.8 Å². The van der Waals surface area contributed by atoms with Crippen molar-refractivity contribution in [1.29, 1.82) is 0 Å². The van der Waals surface area contributed by atoms with Gasteiger partial charge < -0.3 is 5.32 Å². The topological polar surface area (TPSA) is 100 Å². The summed E-state index contributed by atoms with van der Waals surface area (Å²) in [7, 11) is -3.72. The van der Waals surface area contributed by atoms with Gasteiger partial charge in [-0.25, -0.2) is 13.4 Å². The maximum atomic E-state index is 12.3. The van der Waals surface area contributed by atoms with Crippen molar-refractivity contribution >= 4 is 55.4 Å². The van der Waals surface area contributed by atoms with Gasteiger partial charge in [-0.15, -0.1) is 11.3 Å². The molecule has 28 heavy (non-hydrogen) atoms. The number of nitrogens with zero attached hydrogens (tertiary/aromatic N) is 1. The highest BCUT2D eigenvalue weighted by molar-refractivity contribution is 7.93. The molecule has 0 fully saturated rings. The number of rotatable bonds is 5. The van der Waals surface area contributed by atoms with Gasteiger partial charge >= 0.3 is 0 Å². The van der Waals surface area contributed by atoms with Crippen molar-refractivity contribution in [3.63, 3.8) is 0 Å². The van der Waals surface area contributed by atoms with E-state index in [1.54, 1.807) is 29.6 Å². The molecule has 0 radical (unpaired) electrons. The number of nitrogens with one attached hydrogen (secondary N) is 3. The van der Waals surface area contributed by atoms with Crippen LogP contribution in [0.1, 0.15) is 15.9 Å². The molecule has 0 aliphatic rings. The number of anilines is 2. The van der Waals surface area contributed by atoms with Crippen LogP contribution in [0.2, 0.25) is 0 Å². The van der Waals surface area contributed by atoms with E-state index in [0.717, 1.165) is 5.56 Å². The minimum Gasteiger partial charge on any atom is -0.332 e. The molecule has 1 heterocycles. The molecule has 0 unspecified atom stereocenters. The Hall–Kier alpha value is -2.82. The average molecular weight is 433 g/mol. The van der Waals surface area contributed by atoms with Gasteiger partial charge in [0.15, 0.2) is 10.2 Å². The molecule has 10 heteroatoms. The molecule has 0 saturated heterocycles. The zero-order valence-electron chi connectivity index (χ0n) is 14.7. The third-order valence-corrected chi connectivity index (χ3v) is 5.99. The maximum Gasteiger partial charge on any atom is 0.263 e. The van der Waals surface area contributed by atoms with E-state index in [2.05, 4.69) is 20.3 Å². The van der Waals surface area contributed by atoms with E-state index in [-0.39, 0.29) is 15.9 Å². The molecule has 3 aromatic rings. The van der Waals surface area contributed by atoms with Gasteiger partial charge in [-0.2, -0.15) is 0 Å². The third kappa shape index (κ3) is 5.12. The zero-order valence-corrected chi connectivity index (χ0v) is 17.1. The van der Waals surface area contributed by atoms with Crippen LogP contribution in [0.25, 0.3) is 0 Å². The number of carbonyl (C=O) groups is 1. The van der Waals surface area contributed by atoms with Crippen molar-refractivity contribution in [3.8, 4) is 0 Å². The normalized spacial score (nSPS) is 10.9. The number of aromatic nitrogens is 1. The van der Waals surface area contributed by atoms with Crippen LogP contribution in [0.15, 0.2) is 65.0 Å². The smallest absolute Gasteiger partial charge is 0.263 e. The standard InChI is InChI=1S/C18H16N4O3S3/c1-12-2-4-13(5-3-12)16(23)21-17(26)20-14-6-8-15(9-7-14)28(24,25)22-18-19-10-11-27-18/h2-11H,1H3,(H,19,22)(H2,20,21,23,26). The Morgan fingerprint density at radius 3 is 2.36 bits per heavy atom. The third-order valence-electron chi connectivity index (χ3n) is 3.62. The lowest BCUT2D eigenvalue weighted by Gasteiger charge is -2.11. The summed E-state index contributed by atoms with van der Waals surface area (Å²) in [4.78, 5) is 16.1. The van der Waals surface area contributed by atoms with Gasteiger partial charge in [-0.05, 0) is 55.5 Å². The predicted octanol–water partition coefficient (Wildman–Crippen LogP) is 3.38. The van der Waals surface area contributed by atoms with E-state index in [0.29, 0.717) is 16.4 Å². The summed E-state index contributed by atoms with van der Waals surface area (Å²) in [6.07, 6.45) is 1.52. The molecule has 1 aromatic heterocycles. The van der Waals surface area contributed by atoms with Crippen molar-refractivity contribution in [2.75, 3.05) is 10.0 Å². The molecule has 0 atom stereocenters. The number of sulfonamides is 1. The van der Waals surface area contributed by atoms with Crippen molar-refractivity contribution in [2.24, 2.45) is 0 Å². The number of amides is 1. The Balaban J connectivity index is 1.61. The lowest BCUT2D eigenvalue weighted by molar-refractivity contribution is 0.0977. The van der Waals surface area contributed by atoms with E-state index in [1.165, 1.54) is 29.7 Å². The number of benzene rings is 2. The minimum absolute atomic E-state index is 0.0860. The monoisotopic (exact) mass is 432 g/mol. The van der Waals surface area contributed by atoms with Crippen molar-refractivity contribution in [1.82, 2.24) is 10.3 Å². The summed E-state index contributed by atoms with van der Waals surface area (Å²) in [5.74, 6) is -0.329. The first-order chi connectivity index (χ1) is 13.3. The van der Waals surface area contributed by atoms with E-state index in [9.17, 15) is 13.2 Å². The average Bonchev–Trinajstić information content (AvgIpc) is 3.15. The minimum atomic E-state index is -3.72. The van der Waals surface area contributed by atoms with Crippen LogP contribution in [0.5, 0.6) is 0 Å². The summed E-state index contributed by atoms with van der Waals surface area (Å²) >= 11 is 6.33. The van der Waals surface area contributed by atoms with Crippen molar-refractivity contribution in [3.05, 3.63) is 71.2 Å². The summed E-state index contributed by atoms with van der Waals surface area (Å²) in [6, 6.07) is 13.1. The van der Waals surface area contributed by atoms with Gasteiger partial charge in [0.25, 0.3) is 15.9 Å². The second kappa shape index (κ2) is 8.46. The first-order valence-electron chi connectivity index (χ1n) is 8.05. The highest BCUT2D eigenvalue weighted by Crippen LogP contribution is 2.19. The summed E-state index contributed by atoms with van der Waals surface area (Å²) < 4.78 is 27.0. The van der Waals surface area contributed by atoms with Gasteiger partial charge in [-0.3, -0.25) is 14.8 Å². The quantitative estimate of drug-likeness (QED) is 0.535. The van der Waals surface area contributed by atoms with Gasteiger partial charge in [-0.1, -0.05) is 17.7 Å². The Morgan fingerprint density at radius 1 is 1.07 bits per heavy atom. The first kappa shape index (κ1) is 19.9. The lowest BCUT2D eigenvalue weighted by Crippen LogP contribution is -2.34. The molecule has 0 bridgehead atoms. The number of hydrogen-bond acceptors (Lipinski definition) is 6. The zero-order chi connectivity index (χ0) is 20.1. The molecule has 144 valence electrons. The Labute approximate surface area is 171 Å². The number of thiazole rings is 1. The largest absolute Gasteiger partial charge is 0.332 e. The number of carbonyl (C=O) groups excluding carboxylic acids is 1. The molecule has 3 rings (SSSR count). The maximum absolute atomic E-state index is 12.3. The number of hydrogen-bond donors (Lipinski definition) is 3. The van der Waals surface area contributed by atoms with Crippen LogP contribution in [0.4, 0.5) is 10.8 Å². The highest BCUT2D eigenvalue weighted by atomic mass is 32.2. The van der Waals surface area contributed by atoms with E-state index in [4.69, 9.17) is 12.2 Å². The molecule has 0 saturated carbocycles. The molecule has 3 N–H and O–H groups in total. The fourth-order valence-corrected chi connectivity index (χ4v) is 4.21. The predicted molar refractivity (Wildman–Crippen MR) is 114 cm³/mol. The second-order valence-electron chi connectivity index (χ2n) is 5.74. The summed E-state index contributed by atoms with van der Waals surface area (Å²) in [5, 5.41) is 7.52. The second-order valence-corrected chi connectivity index (χ2v) is 8.73.